The second kappa shape index (κ2) is 6.08. The van der Waals surface area contributed by atoms with Crippen molar-refractivity contribution in [3.8, 4) is 11.1 Å². The molecule has 0 amide bonds. The maximum Gasteiger partial charge on any atom is 0.222 e. The number of rotatable bonds is 4. The van der Waals surface area contributed by atoms with Crippen LogP contribution in [0.4, 0.5) is 10.3 Å². The molecule has 0 saturated carbocycles. The van der Waals surface area contributed by atoms with E-state index in [1.807, 2.05) is 24.3 Å². The van der Waals surface area contributed by atoms with Gasteiger partial charge in [-0.15, -0.1) is 0 Å². The number of fused-ring (bicyclic) bond motifs is 1. The van der Waals surface area contributed by atoms with Gasteiger partial charge in [0.2, 0.25) is 5.95 Å². The summed E-state index contributed by atoms with van der Waals surface area (Å²) in [5, 5.41) is 3.09. The van der Waals surface area contributed by atoms with E-state index in [0.717, 1.165) is 27.7 Å². The number of aromatic amines is 1. The normalized spacial score (nSPS) is 10.9. The molecule has 2 aromatic heterocycles. The minimum atomic E-state index is -0.250. The van der Waals surface area contributed by atoms with E-state index in [-0.39, 0.29) is 5.82 Å². The summed E-state index contributed by atoms with van der Waals surface area (Å²) >= 11 is 0. The highest BCUT2D eigenvalue weighted by atomic mass is 19.1. The minimum Gasteiger partial charge on any atom is -0.350 e. The number of imidazole rings is 1. The molecule has 4 rings (SSSR count). The molecule has 0 bridgehead atoms. The Morgan fingerprint density at radius 1 is 0.958 bits per heavy atom. The summed E-state index contributed by atoms with van der Waals surface area (Å²) in [6.07, 6.45) is 5.20. The lowest BCUT2D eigenvalue weighted by Crippen LogP contribution is -2.03. The van der Waals surface area contributed by atoms with Gasteiger partial charge in [-0.05, 0) is 35.4 Å². The van der Waals surface area contributed by atoms with Gasteiger partial charge >= 0.3 is 0 Å². The third-order valence-corrected chi connectivity index (χ3v) is 3.75. The van der Waals surface area contributed by atoms with Gasteiger partial charge in [-0.3, -0.25) is 0 Å². The van der Waals surface area contributed by atoms with Crippen molar-refractivity contribution in [3.05, 3.63) is 72.6 Å². The average Bonchev–Trinajstić information content (AvgIpc) is 3.08. The Morgan fingerprint density at radius 2 is 1.83 bits per heavy atom. The lowest BCUT2D eigenvalue weighted by atomic mass is 10.1. The zero-order valence-electron chi connectivity index (χ0n) is 12.7. The fraction of sp³-hybridized carbons (Fsp3) is 0.0556. The highest BCUT2D eigenvalue weighted by molar-refractivity contribution is 5.81. The molecule has 0 fully saturated rings. The van der Waals surface area contributed by atoms with Crippen molar-refractivity contribution in [2.45, 2.75) is 6.54 Å². The molecule has 0 radical (unpaired) electrons. The van der Waals surface area contributed by atoms with Crippen molar-refractivity contribution in [3.63, 3.8) is 0 Å². The van der Waals surface area contributed by atoms with Crippen molar-refractivity contribution >= 4 is 17.0 Å². The first-order valence-electron chi connectivity index (χ1n) is 7.52. The molecule has 24 heavy (non-hydrogen) atoms. The van der Waals surface area contributed by atoms with E-state index in [1.54, 1.807) is 24.8 Å². The Hall–Kier alpha value is -3.28. The Morgan fingerprint density at radius 3 is 2.67 bits per heavy atom. The molecule has 2 aromatic carbocycles. The van der Waals surface area contributed by atoms with Crippen LogP contribution in [-0.2, 0) is 6.54 Å². The van der Waals surface area contributed by atoms with Crippen LogP contribution in [0.15, 0.2) is 61.2 Å². The second-order valence-electron chi connectivity index (χ2n) is 5.41. The van der Waals surface area contributed by atoms with Gasteiger partial charge in [0.15, 0.2) is 0 Å². The van der Waals surface area contributed by atoms with Crippen molar-refractivity contribution in [1.82, 2.24) is 19.9 Å². The van der Waals surface area contributed by atoms with Gasteiger partial charge in [0.05, 0.1) is 17.4 Å². The molecule has 4 aromatic rings. The van der Waals surface area contributed by atoms with Crippen LogP contribution in [0, 0.1) is 5.82 Å². The monoisotopic (exact) mass is 319 g/mol. The number of anilines is 1. The molecule has 5 nitrogen and oxygen atoms in total. The third-order valence-electron chi connectivity index (χ3n) is 3.75. The largest absolute Gasteiger partial charge is 0.350 e. The smallest absolute Gasteiger partial charge is 0.222 e. The maximum atomic E-state index is 13.2. The molecule has 0 atom stereocenters. The molecule has 0 spiro atoms. The van der Waals surface area contributed by atoms with Gasteiger partial charge in [0, 0.05) is 24.5 Å². The Kier molecular flexibility index (Phi) is 3.63. The number of H-pyrrole nitrogens is 1. The number of nitrogens with one attached hydrogen (secondary N) is 2. The van der Waals surface area contributed by atoms with Gasteiger partial charge in [0.25, 0.3) is 0 Å². The van der Waals surface area contributed by atoms with Gasteiger partial charge in [-0.25, -0.2) is 19.3 Å². The van der Waals surface area contributed by atoms with Crippen molar-refractivity contribution in [2.75, 3.05) is 5.32 Å². The molecule has 2 heterocycles. The fourth-order valence-electron chi connectivity index (χ4n) is 2.51. The molecule has 6 heteroatoms. The first-order valence-corrected chi connectivity index (χ1v) is 7.52. The molecular weight excluding hydrogens is 305 g/mol. The second-order valence-corrected chi connectivity index (χ2v) is 5.41. The summed E-state index contributed by atoms with van der Waals surface area (Å²) in [7, 11) is 0. The van der Waals surface area contributed by atoms with E-state index in [2.05, 4.69) is 25.3 Å². The lowest BCUT2D eigenvalue weighted by Gasteiger charge is -2.06. The summed E-state index contributed by atoms with van der Waals surface area (Å²) in [6.45, 7) is 0.469. The first kappa shape index (κ1) is 14.3. The number of benzene rings is 2. The Labute approximate surface area is 137 Å². The fourth-order valence-corrected chi connectivity index (χ4v) is 2.51. The van der Waals surface area contributed by atoms with Crippen LogP contribution in [0.2, 0.25) is 0 Å². The molecule has 2 N–H and O–H groups in total. The van der Waals surface area contributed by atoms with Crippen LogP contribution in [0.1, 0.15) is 5.56 Å². The molecule has 0 saturated heterocycles. The van der Waals surface area contributed by atoms with Crippen molar-refractivity contribution in [2.24, 2.45) is 0 Å². The molecule has 0 unspecified atom stereocenters. The van der Waals surface area contributed by atoms with E-state index in [1.165, 1.54) is 12.1 Å². The number of hydrogen-bond donors (Lipinski definition) is 2. The van der Waals surface area contributed by atoms with Crippen LogP contribution in [0.3, 0.4) is 0 Å². The van der Waals surface area contributed by atoms with Gasteiger partial charge < -0.3 is 10.3 Å². The van der Waals surface area contributed by atoms with Crippen molar-refractivity contribution in [1.29, 1.82) is 0 Å². The molecule has 0 aliphatic rings. The highest BCUT2D eigenvalue weighted by Crippen LogP contribution is 2.22. The zero-order valence-corrected chi connectivity index (χ0v) is 12.7. The predicted octanol–water partition coefficient (Wildman–Crippen LogP) is 3.77. The van der Waals surface area contributed by atoms with Crippen LogP contribution >= 0.6 is 0 Å². The third kappa shape index (κ3) is 2.94. The van der Waals surface area contributed by atoms with Crippen LogP contribution in [0.5, 0.6) is 0 Å². The molecule has 118 valence electrons. The average molecular weight is 319 g/mol. The molecular formula is C18H14FN5. The number of hydrogen-bond acceptors (Lipinski definition) is 4. The summed E-state index contributed by atoms with van der Waals surface area (Å²) < 4.78 is 13.2. The van der Waals surface area contributed by atoms with Crippen LogP contribution in [0.25, 0.3) is 22.2 Å². The quantitative estimate of drug-likeness (QED) is 0.601. The van der Waals surface area contributed by atoms with E-state index in [0.29, 0.717) is 12.5 Å². The summed E-state index contributed by atoms with van der Waals surface area (Å²) in [5.74, 6) is 0.255. The summed E-state index contributed by atoms with van der Waals surface area (Å²) in [5.41, 5.74) is 4.67. The molecule has 0 aliphatic carbocycles. The van der Waals surface area contributed by atoms with Crippen LogP contribution < -0.4 is 5.32 Å². The zero-order chi connectivity index (χ0) is 16.4. The van der Waals surface area contributed by atoms with Gasteiger partial charge in [-0.2, -0.15) is 0 Å². The maximum absolute atomic E-state index is 13.2. The number of halogens is 1. The highest BCUT2D eigenvalue weighted by Gasteiger charge is 2.04. The first-order chi connectivity index (χ1) is 11.8. The van der Waals surface area contributed by atoms with E-state index in [9.17, 15) is 4.39 Å². The summed E-state index contributed by atoms with van der Waals surface area (Å²) in [6, 6.07) is 12.4. The van der Waals surface area contributed by atoms with E-state index >= 15 is 0 Å². The Balaban J connectivity index is 1.49. The SMILES string of the molecule is Fc1cccc(CNc2ncc(-c3ccc4nc[nH]c4c3)cn2)c1. The topological polar surface area (TPSA) is 66.5 Å². The minimum absolute atomic E-state index is 0.250. The standard InChI is InChI=1S/C18H14FN5/c19-15-3-1-2-12(6-15)8-20-18-21-9-14(10-22-18)13-4-5-16-17(7-13)24-11-23-16/h1-7,9-11H,8H2,(H,23,24)(H,20,21,22). The lowest BCUT2D eigenvalue weighted by molar-refractivity contribution is 0.626. The Bertz CT molecular complexity index is 978. The van der Waals surface area contributed by atoms with Crippen molar-refractivity contribution < 1.29 is 4.39 Å². The number of nitrogens with zero attached hydrogens (tertiary/aromatic N) is 3. The number of aromatic nitrogens is 4. The van der Waals surface area contributed by atoms with Gasteiger partial charge in [-0.1, -0.05) is 18.2 Å². The van der Waals surface area contributed by atoms with Crippen LogP contribution in [-0.4, -0.2) is 19.9 Å². The predicted molar refractivity (Wildman–Crippen MR) is 90.8 cm³/mol. The van der Waals surface area contributed by atoms with E-state index in [4.69, 9.17) is 0 Å². The van der Waals surface area contributed by atoms with E-state index < -0.39 is 0 Å². The van der Waals surface area contributed by atoms with Gasteiger partial charge in [0.1, 0.15) is 5.82 Å². The molecule has 0 aliphatic heterocycles. The summed E-state index contributed by atoms with van der Waals surface area (Å²) in [4.78, 5) is 15.9.